The summed E-state index contributed by atoms with van der Waals surface area (Å²) in [5, 5.41) is 23.7. The molecule has 0 aliphatic carbocycles. The Bertz CT molecular complexity index is 463. The minimum Gasteiger partial charge on any atom is -0.387 e. The normalized spacial score (nSPS) is 13.4. The first-order chi connectivity index (χ1) is 8.61. The highest BCUT2D eigenvalue weighted by molar-refractivity contribution is 6.38. The number of halogens is 2. The van der Waals surface area contributed by atoms with Gasteiger partial charge in [-0.2, -0.15) is 0 Å². The molecule has 0 aliphatic heterocycles. The fourth-order valence-corrected chi connectivity index (χ4v) is 2.11. The molecule has 19 heavy (non-hydrogen) atoms. The van der Waals surface area contributed by atoms with E-state index in [9.17, 15) is 15.2 Å². The quantitative estimate of drug-likeness (QED) is 0.661. The van der Waals surface area contributed by atoms with Gasteiger partial charge in [0.1, 0.15) is 10.0 Å². The molecule has 1 atom stereocenters. The van der Waals surface area contributed by atoms with E-state index in [0.29, 0.717) is 12.1 Å². The van der Waals surface area contributed by atoms with E-state index in [4.69, 9.17) is 23.2 Å². The van der Waals surface area contributed by atoms with Crippen molar-refractivity contribution in [3.63, 3.8) is 0 Å². The van der Waals surface area contributed by atoms with Crippen molar-refractivity contribution >= 4 is 28.9 Å². The predicted molar refractivity (Wildman–Crippen MR) is 75.8 cm³/mol. The van der Waals surface area contributed by atoms with E-state index in [0.717, 1.165) is 0 Å². The van der Waals surface area contributed by atoms with Crippen LogP contribution in [-0.2, 0) is 0 Å². The average Bonchev–Trinajstić information content (AvgIpc) is 2.23. The van der Waals surface area contributed by atoms with Crippen molar-refractivity contribution in [2.45, 2.75) is 32.4 Å². The third-order valence-electron chi connectivity index (χ3n) is 2.43. The van der Waals surface area contributed by atoms with Gasteiger partial charge in [-0.25, -0.2) is 0 Å². The van der Waals surface area contributed by atoms with E-state index in [1.54, 1.807) is 0 Å². The first-order valence-corrected chi connectivity index (χ1v) is 6.44. The molecule has 7 heteroatoms. The Morgan fingerprint density at radius 2 is 1.84 bits per heavy atom. The number of aliphatic hydroxyl groups excluding tert-OH is 1. The van der Waals surface area contributed by atoms with Crippen LogP contribution in [0.2, 0.25) is 10.0 Å². The van der Waals surface area contributed by atoms with E-state index >= 15 is 0 Å². The van der Waals surface area contributed by atoms with Gasteiger partial charge >= 0.3 is 5.69 Å². The van der Waals surface area contributed by atoms with Gasteiger partial charge in [0.15, 0.2) is 0 Å². The Morgan fingerprint density at radius 3 is 2.21 bits per heavy atom. The van der Waals surface area contributed by atoms with Gasteiger partial charge in [0.2, 0.25) is 0 Å². The van der Waals surface area contributed by atoms with Crippen molar-refractivity contribution in [3.8, 4) is 0 Å². The zero-order valence-corrected chi connectivity index (χ0v) is 12.4. The zero-order chi connectivity index (χ0) is 14.8. The molecule has 0 bridgehead atoms. The van der Waals surface area contributed by atoms with Crippen LogP contribution in [-0.4, -0.2) is 22.1 Å². The molecule has 1 aromatic rings. The lowest BCUT2D eigenvalue weighted by Crippen LogP contribution is -2.38. The number of nitro groups is 1. The van der Waals surface area contributed by atoms with Crippen molar-refractivity contribution < 1.29 is 10.0 Å². The summed E-state index contributed by atoms with van der Waals surface area (Å²) in [5.41, 5.74) is -0.0459. The van der Waals surface area contributed by atoms with Crippen LogP contribution >= 0.6 is 23.2 Å². The largest absolute Gasteiger partial charge is 0.387 e. The molecule has 0 heterocycles. The number of aliphatic hydroxyl groups is 1. The first-order valence-electron chi connectivity index (χ1n) is 5.68. The molecular weight excluding hydrogens is 291 g/mol. The fraction of sp³-hybridized carbons (Fsp3) is 0.500. The zero-order valence-electron chi connectivity index (χ0n) is 10.9. The Balaban J connectivity index is 2.94. The third-order valence-corrected chi connectivity index (χ3v) is 3.01. The van der Waals surface area contributed by atoms with Crippen molar-refractivity contribution in [2.24, 2.45) is 0 Å². The number of rotatable bonds is 4. The number of nitrogens with one attached hydrogen (secondary N) is 1. The molecule has 0 saturated carbocycles. The van der Waals surface area contributed by atoms with Crippen LogP contribution in [0.1, 0.15) is 32.4 Å². The lowest BCUT2D eigenvalue weighted by atomic mass is 10.1. The standard InChI is InChI=1S/C12H16Cl2N2O3/c1-12(2,3)15-6-10(17)7-4-8(13)11(16(18)19)9(14)5-7/h4-5,10,15,17H,6H2,1-3H3. The lowest BCUT2D eigenvalue weighted by Gasteiger charge is -2.23. The van der Waals surface area contributed by atoms with Gasteiger partial charge in [-0.15, -0.1) is 0 Å². The molecule has 5 nitrogen and oxygen atoms in total. The predicted octanol–water partition coefficient (Wildman–Crippen LogP) is 3.32. The van der Waals surface area contributed by atoms with Crippen LogP contribution in [0.15, 0.2) is 12.1 Å². The number of nitrogens with zero attached hydrogens (tertiary/aromatic N) is 1. The molecule has 0 aliphatic rings. The molecule has 0 fully saturated rings. The molecule has 0 spiro atoms. The maximum Gasteiger partial charge on any atom is 0.306 e. The van der Waals surface area contributed by atoms with Gasteiger partial charge < -0.3 is 10.4 Å². The molecule has 1 unspecified atom stereocenters. The Morgan fingerprint density at radius 1 is 1.37 bits per heavy atom. The molecular formula is C12H16Cl2N2O3. The van der Waals surface area contributed by atoms with E-state index in [-0.39, 0.29) is 21.3 Å². The van der Waals surface area contributed by atoms with Gasteiger partial charge in [0.05, 0.1) is 11.0 Å². The number of β-amino-alcohol motifs (C(OH)–C–C–N with tert-alkyl or cyclic N) is 1. The molecule has 1 rings (SSSR count). The minimum absolute atomic E-state index is 0.0812. The van der Waals surface area contributed by atoms with Gasteiger partial charge in [-0.3, -0.25) is 10.1 Å². The number of benzene rings is 1. The summed E-state index contributed by atoms with van der Waals surface area (Å²) in [6, 6.07) is 2.72. The lowest BCUT2D eigenvalue weighted by molar-refractivity contribution is -0.384. The second-order valence-corrected chi connectivity index (χ2v) is 6.05. The van der Waals surface area contributed by atoms with Crippen LogP contribution in [0.4, 0.5) is 5.69 Å². The summed E-state index contributed by atoms with van der Waals surface area (Å²) in [6.45, 7) is 6.20. The minimum atomic E-state index is -0.838. The summed E-state index contributed by atoms with van der Waals surface area (Å²) >= 11 is 11.6. The van der Waals surface area contributed by atoms with Crippen LogP contribution in [0.5, 0.6) is 0 Å². The molecule has 0 amide bonds. The molecule has 0 aromatic heterocycles. The summed E-state index contributed by atoms with van der Waals surface area (Å²) < 4.78 is 0. The molecule has 106 valence electrons. The first kappa shape index (κ1) is 16.2. The van der Waals surface area contributed by atoms with Crippen LogP contribution < -0.4 is 5.32 Å². The number of hydrogen-bond acceptors (Lipinski definition) is 4. The van der Waals surface area contributed by atoms with E-state index in [1.807, 2.05) is 20.8 Å². The topological polar surface area (TPSA) is 75.4 Å². The van der Waals surface area contributed by atoms with Crippen molar-refractivity contribution in [1.82, 2.24) is 5.32 Å². The summed E-state index contributed by atoms with van der Waals surface area (Å²) in [7, 11) is 0. The van der Waals surface area contributed by atoms with Crippen molar-refractivity contribution in [3.05, 3.63) is 37.9 Å². The highest BCUT2D eigenvalue weighted by atomic mass is 35.5. The summed E-state index contributed by atoms with van der Waals surface area (Å²) in [4.78, 5) is 10.1. The van der Waals surface area contributed by atoms with Crippen molar-refractivity contribution in [1.29, 1.82) is 0 Å². The molecule has 1 aromatic carbocycles. The monoisotopic (exact) mass is 306 g/mol. The van der Waals surface area contributed by atoms with Crippen LogP contribution in [0.25, 0.3) is 0 Å². The summed E-state index contributed by atoms with van der Waals surface area (Å²) in [6.07, 6.45) is -0.838. The fourth-order valence-electron chi connectivity index (χ4n) is 1.47. The third kappa shape index (κ3) is 4.62. The highest BCUT2D eigenvalue weighted by Gasteiger charge is 2.22. The van der Waals surface area contributed by atoms with E-state index < -0.39 is 11.0 Å². The van der Waals surface area contributed by atoms with Crippen LogP contribution in [0, 0.1) is 10.1 Å². The van der Waals surface area contributed by atoms with Gasteiger partial charge in [0.25, 0.3) is 0 Å². The van der Waals surface area contributed by atoms with E-state index in [1.165, 1.54) is 12.1 Å². The summed E-state index contributed by atoms with van der Waals surface area (Å²) in [5.74, 6) is 0. The molecule has 0 radical (unpaired) electrons. The van der Waals surface area contributed by atoms with E-state index in [2.05, 4.69) is 5.32 Å². The number of nitro benzene ring substituents is 1. The smallest absolute Gasteiger partial charge is 0.306 e. The highest BCUT2D eigenvalue weighted by Crippen LogP contribution is 2.35. The second-order valence-electron chi connectivity index (χ2n) is 5.24. The second kappa shape index (κ2) is 6.05. The molecule has 2 N–H and O–H groups in total. The van der Waals surface area contributed by atoms with Gasteiger partial charge in [-0.1, -0.05) is 23.2 Å². The van der Waals surface area contributed by atoms with Crippen LogP contribution in [0.3, 0.4) is 0 Å². The average molecular weight is 307 g/mol. The number of hydrogen-bond donors (Lipinski definition) is 2. The molecule has 0 saturated heterocycles. The SMILES string of the molecule is CC(C)(C)NCC(O)c1cc(Cl)c([N+](=O)[O-])c(Cl)c1. The van der Waals surface area contributed by atoms with Gasteiger partial charge in [0, 0.05) is 12.1 Å². The Kier molecular flexibility index (Phi) is 5.15. The maximum absolute atomic E-state index is 10.7. The Labute approximate surface area is 121 Å². The van der Waals surface area contributed by atoms with Crippen molar-refractivity contribution in [2.75, 3.05) is 6.54 Å². The van der Waals surface area contributed by atoms with Gasteiger partial charge in [-0.05, 0) is 38.5 Å². The Hall–Kier alpha value is -0.880. The maximum atomic E-state index is 10.7.